The van der Waals surface area contributed by atoms with Crippen molar-refractivity contribution in [2.45, 2.75) is 33.6 Å². The fraction of sp³-hybridized carbons (Fsp3) is 0.300. The van der Waals surface area contributed by atoms with E-state index in [-0.39, 0.29) is 16.9 Å². The molecule has 0 amide bonds. The normalized spacial score (nSPS) is 10.5. The van der Waals surface area contributed by atoms with Gasteiger partial charge in [-0.15, -0.1) is 0 Å². The fourth-order valence-electron chi connectivity index (χ4n) is 2.58. The molecule has 4 nitrogen and oxygen atoms in total. The molecular formula is C20H23NO3. The van der Waals surface area contributed by atoms with Gasteiger partial charge in [-0.1, -0.05) is 31.0 Å². The first-order valence-corrected chi connectivity index (χ1v) is 8.17. The minimum absolute atomic E-state index is 0.0417. The van der Waals surface area contributed by atoms with Gasteiger partial charge in [0.1, 0.15) is 0 Å². The molecule has 2 N–H and O–H groups in total. The van der Waals surface area contributed by atoms with E-state index < -0.39 is 5.97 Å². The molecule has 0 atom stereocenters. The zero-order chi connectivity index (χ0) is 17.7. The van der Waals surface area contributed by atoms with Gasteiger partial charge in [0.05, 0.1) is 5.56 Å². The lowest BCUT2D eigenvalue weighted by molar-refractivity contribution is 0.0692. The molecule has 0 fully saturated rings. The van der Waals surface area contributed by atoms with Gasteiger partial charge in [-0.05, 0) is 50.1 Å². The van der Waals surface area contributed by atoms with Crippen LogP contribution in [0.3, 0.4) is 0 Å². The van der Waals surface area contributed by atoms with Gasteiger partial charge in [-0.25, -0.2) is 4.79 Å². The lowest BCUT2D eigenvalue weighted by Gasteiger charge is -2.13. The van der Waals surface area contributed by atoms with Crippen molar-refractivity contribution in [2.75, 3.05) is 11.9 Å². The summed E-state index contributed by atoms with van der Waals surface area (Å²) in [6, 6.07) is 10.4. The van der Waals surface area contributed by atoms with Gasteiger partial charge in [0.25, 0.3) is 0 Å². The number of anilines is 1. The predicted octanol–water partition coefficient (Wildman–Crippen LogP) is 4.44. The number of rotatable bonds is 7. The molecule has 0 aliphatic heterocycles. The Bertz CT molecular complexity index is 765. The zero-order valence-electron chi connectivity index (χ0n) is 14.3. The second-order valence-electron chi connectivity index (χ2n) is 6.01. The molecule has 126 valence electrons. The number of benzene rings is 2. The predicted molar refractivity (Wildman–Crippen MR) is 96.1 cm³/mol. The largest absolute Gasteiger partial charge is 0.478 e. The van der Waals surface area contributed by atoms with Crippen LogP contribution in [-0.4, -0.2) is 23.4 Å². The number of aryl methyl sites for hydroxylation is 2. The van der Waals surface area contributed by atoms with Crippen LogP contribution in [0.4, 0.5) is 5.69 Å². The summed E-state index contributed by atoms with van der Waals surface area (Å²) in [5.74, 6) is -1.36. The molecule has 0 radical (unpaired) electrons. The third-order valence-corrected chi connectivity index (χ3v) is 3.92. The summed E-state index contributed by atoms with van der Waals surface area (Å²) in [7, 11) is 0. The molecule has 0 unspecified atom stereocenters. The van der Waals surface area contributed by atoms with E-state index in [9.17, 15) is 14.7 Å². The molecule has 2 aromatic carbocycles. The van der Waals surface area contributed by atoms with Crippen LogP contribution in [0.2, 0.25) is 0 Å². The van der Waals surface area contributed by atoms with Crippen molar-refractivity contribution >= 4 is 17.4 Å². The molecule has 24 heavy (non-hydrogen) atoms. The number of ketones is 1. The maximum Gasteiger partial charge on any atom is 0.336 e. The number of carboxylic acid groups (broad SMARTS) is 1. The molecular weight excluding hydrogens is 302 g/mol. The molecule has 0 saturated carbocycles. The van der Waals surface area contributed by atoms with Gasteiger partial charge in [0.2, 0.25) is 0 Å². The average molecular weight is 325 g/mol. The maximum absolute atomic E-state index is 12.9. The van der Waals surface area contributed by atoms with E-state index in [1.165, 1.54) is 6.07 Å². The zero-order valence-corrected chi connectivity index (χ0v) is 14.3. The van der Waals surface area contributed by atoms with Crippen molar-refractivity contribution in [2.24, 2.45) is 0 Å². The Morgan fingerprint density at radius 1 is 0.958 bits per heavy atom. The minimum Gasteiger partial charge on any atom is -0.478 e. The summed E-state index contributed by atoms with van der Waals surface area (Å²) >= 11 is 0. The molecule has 0 heterocycles. The second kappa shape index (κ2) is 7.77. The van der Waals surface area contributed by atoms with Crippen molar-refractivity contribution in [3.05, 3.63) is 64.2 Å². The van der Waals surface area contributed by atoms with Crippen LogP contribution >= 0.6 is 0 Å². The van der Waals surface area contributed by atoms with E-state index in [0.29, 0.717) is 5.56 Å². The van der Waals surface area contributed by atoms with Gasteiger partial charge < -0.3 is 10.4 Å². The minimum atomic E-state index is -1.09. The summed E-state index contributed by atoms with van der Waals surface area (Å²) in [4.78, 5) is 24.4. The molecule has 0 aliphatic carbocycles. The van der Waals surface area contributed by atoms with Crippen molar-refractivity contribution in [3.63, 3.8) is 0 Å². The van der Waals surface area contributed by atoms with Crippen LogP contribution in [0.1, 0.15) is 57.2 Å². The Hall–Kier alpha value is -2.62. The molecule has 2 rings (SSSR count). The second-order valence-corrected chi connectivity index (χ2v) is 6.01. The summed E-state index contributed by atoms with van der Waals surface area (Å²) in [5.41, 5.74) is 3.38. The van der Waals surface area contributed by atoms with Crippen molar-refractivity contribution < 1.29 is 14.7 Å². The standard InChI is InChI=1S/C20H23NO3/c1-4-5-10-21-18-12-14(3)7-9-16(18)19(22)15-8-6-13(2)11-17(15)20(23)24/h6-9,11-12,21H,4-5,10H2,1-3H3,(H,23,24). The number of hydrogen-bond donors (Lipinski definition) is 2. The molecule has 2 aromatic rings. The monoisotopic (exact) mass is 325 g/mol. The van der Waals surface area contributed by atoms with E-state index in [2.05, 4.69) is 12.2 Å². The Labute approximate surface area is 142 Å². The lowest BCUT2D eigenvalue weighted by atomic mass is 9.95. The molecule has 0 saturated heterocycles. The number of unbranched alkanes of at least 4 members (excludes halogenated alkanes) is 1. The highest BCUT2D eigenvalue weighted by Gasteiger charge is 2.20. The van der Waals surface area contributed by atoms with Crippen LogP contribution in [-0.2, 0) is 0 Å². The lowest BCUT2D eigenvalue weighted by Crippen LogP contribution is -2.13. The average Bonchev–Trinajstić information content (AvgIpc) is 2.54. The quantitative estimate of drug-likeness (QED) is 0.583. The van der Waals surface area contributed by atoms with Crippen LogP contribution < -0.4 is 5.32 Å². The van der Waals surface area contributed by atoms with Crippen molar-refractivity contribution in [3.8, 4) is 0 Å². The maximum atomic E-state index is 12.9. The molecule has 4 heteroatoms. The highest BCUT2D eigenvalue weighted by Crippen LogP contribution is 2.24. The smallest absolute Gasteiger partial charge is 0.336 e. The first-order chi connectivity index (χ1) is 11.4. The van der Waals surface area contributed by atoms with E-state index in [1.807, 2.05) is 26.0 Å². The summed E-state index contributed by atoms with van der Waals surface area (Å²) in [6.07, 6.45) is 2.07. The van der Waals surface area contributed by atoms with Gasteiger partial charge in [-0.3, -0.25) is 4.79 Å². The number of carbonyl (C=O) groups is 2. The molecule has 0 spiro atoms. The summed E-state index contributed by atoms with van der Waals surface area (Å²) in [5, 5.41) is 12.7. The van der Waals surface area contributed by atoms with Gasteiger partial charge in [-0.2, -0.15) is 0 Å². The summed E-state index contributed by atoms with van der Waals surface area (Å²) in [6.45, 7) is 6.66. The Morgan fingerprint density at radius 3 is 2.21 bits per heavy atom. The van der Waals surface area contributed by atoms with E-state index in [1.54, 1.807) is 18.2 Å². The summed E-state index contributed by atoms with van der Waals surface area (Å²) < 4.78 is 0. The SMILES string of the molecule is CCCCNc1cc(C)ccc1C(=O)c1ccc(C)cc1C(=O)O. The van der Waals surface area contributed by atoms with Crippen LogP contribution in [0.25, 0.3) is 0 Å². The number of aromatic carboxylic acids is 1. The third kappa shape index (κ3) is 4.02. The Balaban J connectivity index is 2.45. The number of nitrogens with one attached hydrogen (secondary N) is 1. The molecule has 0 aromatic heterocycles. The van der Waals surface area contributed by atoms with E-state index >= 15 is 0 Å². The molecule has 0 aliphatic rings. The Morgan fingerprint density at radius 2 is 1.58 bits per heavy atom. The first kappa shape index (κ1) is 17.7. The highest BCUT2D eigenvalue weighted by molar-refractivity contribution is 6.16. The topological polar surface area (TPSA) is 66.4 Å². The van der Waals surface area contributed by atoms with Crippen LogP contribution in [0, 0.1) is 13.8 Å². The van der Waals surface area contributed by atoms with Gasteiger partial charge in [0, 0.05) is 23.4 Å². The van der Waals surface area contributed by atoms with Gasteiger partial charge in [0.15, 0.2) is 5.78 Å². The van der Waals surface area contributed by atoms with Crippen molar-refractivity contribution in [1.29, 1.82) is 0 Å². The number of carbonyl (C=O) groups excluding carboxylic acids is 1. The third-order valence-electron chi connectivity index (χ3n) is 3.92. The number of carboxylic acids is 1. The first-order valence-electron chi connectivity index (χ1n) is 8.17. The highest BCUT2D eigenvalue weighted by atomic mass is 16.4. The van der Waals surface area contributed by atoms with Crippen LogP contribution in [0.5, 0.6) is 0 Å². The molecule has 0 bridgehead atoms. The van der Waals surface area contributed by atoms with E-state index in [0.717, 1.165) is 36.2 Å². The van der Waals surface area contributed by atoms with Gasteiger partial charge >= 0.3 is 5.97 Å². The fourth-order valence-corrected chi connectivity index (χ4v) is 2.58. The van der Waals surface area contributed by atoms with Crippen molar-refractivity contribution in [1.82, 2.24) is 0 Å². The van der Waals surface area contributed by atoms with Crippen LogP contribution in [0.15, 0.2) is 36.4 Å². The van der Waals surface area contributed by atoms with E-state index in [4.69, 9.17) is 0 Å². The number of hydrogen-bond acceptors (Lipinski definition) is 3. The Kier molecular flexibility index (Phi) is 5.74.